The van der Waals surface area contributed by atoms with Crippen molar-refractivity contribution >= 4 is 6.92 Å². The molecule has 0 spiro atoms. The van der Waals surface area contributed by atoms with Crippen molar-refractivity contribution in [2.24, 2.45) is 11.8 Å². The molecule has 0 aromatic heterocycles. The van der Waals surface area contributed by atoms with E-state index in [9.17, 15) is 0 Å². The van der Waals surface area contributed by atoms with Crippen LogP contribution in [0, 0.1) is 11.8 Å². The van der Waals surface area contributed by atoms with Crippen LogP contribution in [0.5, 0.6) is 0 Å². The van der Waals surface area contributed by atoms with Gasteiger partial charge in [0.25, 0.3) is 6.92 Å². The van der Waals surface area contributed by atoms with Crippen molar-refractivity contribution in [3.63, 3.8) is 0 Å². The quantitative estimate of drug-likeness (QED) is 0.541. The summed E-state index contributed by atoms with van der Waals surface area (Å²) in [6, 6.07) is 0. The van der Waals surface area contributed by atoms with Crippen LogP contribution in [0.4, 0.5) is 0 Å². The second kappa shape index (κ2) is 2.51. The van der Waals surface area contributed by atoms with Gasteiger partial charge in [-0.1, -0.05) is 25.7 Å². The molecular formula is C10H17BO. The van der Waals surface area contributed by atoms with Crippen LogP contribution in [0.15, 0.2) is 0 Å². The summed E-state index contributed by atoms with van der Waals surface area (Å²) >= 11 is 0. The van der Waals surface area contributed by atoms with Crippen molar-refractivity contribution in [1.29, 1.82) is 0 Å². The highest BCUT2D eigenvalue weighted by atomic mass is 16.4. The highest BCUT2D eigenvalue weighted by Gasteiger charge is 2.50. The fourth-order valence-electron chi connectivity index (χ4n) is 4.26. The van der Waals surface area contributed by atoms with Crippen LogP contribution in [-0.4, -0.2) is 14.0 Å². The Labute approximate surface area is 75.0 Å². The lowest BCUT2D eigenvalue weighted by Crippen LogP contribution is -2.46. The van der Waals surface area contributed by atoms with Crippen LogP contribution >= 0.6 is 0 Å². The van der Waals surface area contributed by atoms with E-state index in [0.717, 1.165) is 23.5 Å². The van der Waals surface area contributed by atoms with Gasteiger partial charge in [-0.25, -0.2) is 0 Å². The average Bonchev–Trinajstić information content (AvgIpc) is 2.02. The van der Waals surface area contributed by atoms with Crippen LogP contribution in [0.3, 0.4) is 0 Å². The Bertz CT molecular complexity index is 164. The number of rotatable bonds is 1. The maximum absolute atomic E-state index is 5.63. The third kappa shape index (κ3) is 0.906. The molecule has 4 bridgehead atoms. The average molecular weight is 164 g/mol. The first-order chi connectivity index (χ1) is 5.86. The van der Waals surface area contributed by atoms with Crippen molar-refractivity contribution in [3.8, 4) is 0 Å². The van der Waals surface area contributed by atoms with E-state index in [1.165, 1.54) is 25.7 Å². The molecule has 2 aliphatic carbocycles. The Balaban J connectivity index is 1.86. The summed E-state index contributed by atoms with van der Waals surface area (Å²) in [5.74, 6) is 4.04. The van der Waals surface area contributed by atoms with E-state index in [2.05, 4.69) is 0 Å². The van der Waals surface area contributed by atoms with E-state index in [0.29, 0.717) is 6.92 Å². The van der Waals surface area contributed by atoms with E-state index < -0.39 is 0 Å². The van der Waals surface area contributed by atoms with Gasteiger partial charge in [0.15, 0.2) is 0 Å². The van der Waals surface area contributed by atoms with Gasteiger partial charge in [0.05, 0.1) is 0 Å². The van der Waals surface area contributed by atoms with E-state index in [-0.39, 0.29) is 0 Å². The standard InChI is InChI=1S/C10H17BO/c1-12-11-9-3-7-2-8(5-9)6-10(11)4-7/h7-10H,2-6H2,1H3. The van der Waals surface area contributed by atoms with Gasteiger partial charge in [-0.05, 0) is 29.9 Å². The SMILES string of the molecule is COB1C2CC3CC(C2)CC1C3. The van der Waals surface area contributed by atoms with Gasteiger partial charge in [-0.3, -0.25) is 0 Å². The summed E-state index contributed by atoms with van der Waals surface area (Å²) in [5.41, 5.74) is 0. The van der Waals surface area contributed by atoms with Crippen LogP contribution in [0.25, 0.3) is 0 Å². The number of hydrogen-bond donors (Lipinski definition) is 0. The van der Waals surface area contributed by atoms with Crippen molar-refractivity contribution in [3.05, 3.63) is 0 Å². The molecule has 0 aromatic rings. The zero-order chi connectivity index (χ0) is 8.13. The molecule has 2 saturated carbocycles. The van der Waals surface area contributed by atoms with Gasteiger partial charge in [-0.15, -0.1) is 0 Å². The van der Waals surface area contributed by atoms with Gasteiger partial charge in [0.1, 0.15) is 0 Å². The topological polar surface area (TPSA) is 9.23 Å². The molecule has 0 N–H and O–H groups in total. The lowest BCUT2D eigenvalue weighted by Gasteiger charge is -2.52. The summed E-state index contributed by atoms with van der Waals surface area (Å²) in [6.07, 6.45) is 7.46. The Morgan fingerprint density at radius 2 is 1.42 bits per heavy atom. The zero-order valence-electron chi connectivity index (χ0n) is 7.83. The van der Waals surface area contributed by atoms with Gasteiger partial charge < -0.3 is 4.65 Å². The third-order valence-electron chi connectivity index (χ3n) is 4.41. The molecule has 4 rings (SSSR count). The Hall–Kier alpha value is 0.0249. The van der Waals surface area contributed by atoms with E-state index in [1.54, 1.807) is 6.42 Å². The second-order valence-electron chi connectivity index (χ2n) is 5.13. The van der Waals surface area contributed by atoms with E-state index in [4.69, 9.17) is 4.65 Å². The fourth-order valence-corrected chi connectivity index (χ4v) is 4.26. The minimum absolute atomic E-state index is 0.637. The number of hydrogen-bond acceptors (Lipinski definition) is 1. The van der Waals surface area contributed by atoms with Crippen molar-refractivity contribution in [2.75, 3.05) is 7.11 Å². The molecule has 4 fully saturated rings. The molecule has 66 valence electrons. The molecule has 12 heavy (non-hydrogen) atoms. The van der Waals surface area contributed by atoms with Gasteiger partial charge in [0.2, 0.25) is 0 Å². The molecule has 4 aliphatic rings. The van der Waals surface area contributed by atoms with Crippen LogP contribution in [0.2, 0.25) is 11.6 Å². The Morgan fingerprint density at radius 3 is 1.83 bits per heavy atom. The van der Waals surface area contributed by atoms with E-state index in [1.807, 2.05) is 7.11 Å². The largest absolute Gasteiger partial charge is 0.438 e. The minimum Gasteiger partial charge on any atom is -0.438 e. The third-order valence-corrected chi connectivity index (χ3v) is 4.41. The smallest absolute Gasteiger partial charge is 0.298 e. The first kappa shape index (κ1) is 7.43. The van der Waals surface area contributed by atoms with Gasteiger partial charge in [0, 0.05) is 7.11 Å². The predicted octanol–water partition coefficient (Wildman–Crippen LogP) is 2.59. The minimum atomic E-state index is 0.637. The van der Waals surface area contributed by atoms with Gasteiger partial charge in [-0.2, -0.15) is 0 Å². The molecule has 0 amide bonds. The summed E-state index contributed by atoms with van der Waals surface area (Å²) in [4.78, 5) is 0. The predicted molar refractivity (Wildman–Crippen MR) is 50.3 cm³/mol. The summed E-state index contributed by atoms with van der Waals surface area (Å²) < 4.78 is 5.63. The maximum atomic E-state index is 5.63. The monoisotopic (exact) mass is 164 g/mol. The lowest BCUT2D eigenvalue weighted by molar-refractivity contribution is 0.140. The van der Waals surface area contributed by atoms with E-state index >= 15 is 0 Å². The molecule has 1 nitrogen and oxygen atoms in total. The molecule has 2 saturated heterocycles. The Kier molecular flexibility index (Phi) is 1.55. The molecule has 0 radical (unpaired) electrons. The molecule has 2 aliphatic heterocycles. The van der Waals surface area contributed by atoms with Crippen LogP contribution in [-0.2, 0) is 4.65 Å². The summed E-state index contributed by atoms with van der Waals surface area (Å²) in [5, 5.41) is 0. The fraction of sp³-hybridized carbons (Fsp3) is 1.00. The molecule has 0 atom stereocenters. The first-order valence-corrected chi connectivity index (χ1v) is 5.39. The highest BCUT2D eigenvalue weighted by molar-refractivity contribution is 6.56. The Morgan fingerprint density at radius 1 is 0.917 bits per heavy atom. The molecular weight excluding hydrogens is 147 g/mol. The van der Waals surface area contributed by atoms with Crippen molar-refractivity contribution in [1.82, 2.24) is 0 Å². The molecule has 0 unspecified atom stereocenters. The zero-order valence-corrected chi connectivity index (χ0v) is 7.83. The van der Waals surface area contributed by atoms with Crippen molar-refractivity contribution in [2.45, 2.75) is 43.7 Å². The summed E-state index contributed by atoms with van der Waals surface area (Å²) in [7, 11) is 1.91. The normalized spacial score (nSPS) is 50.2. The molecule has 2 heterocycles. The van der Waals surface area contributed by atoms with Gasteiger partial charge >= 0.3 is 0 Å². The van der Waals surface area contributed by atoms with Crippen LogP contribution in [0.1, 0.15) is 32.1 Å². The maximum Gasteiger partial charge on any atom is 0.298 e. The first-order valence-electron chi connectivity index (χ1n) is 5.39. The summed E-state index contributed by atoms with van der Waals surface area (Å²) in [6.45, 7) is 0.637. The molecule has 2 heteroatoms. The lowest BCUT2D eigenvalue weighted by atomic mass is 9.32. The highest BCUT2D eigenvalue weighted by Crippen LogP contribution is 2.58. The van der Waals surface area contributed by atoms with Crippen molar-refractivity contribution < 1.29 is 4.65 Å². The second-order valence-corrected chi connectivity index (χ2v) is 5.13. The van der Waals surface area contributed by atoms with Crippen LogP contribution < -0.4 is 0 Å². The molecule has 0 aromatic carbocycles.